The van der Waals surface area contributed by atoms with Crippen LogP contribution in [-0.2, 0) is 0 Å². The van der Waals surface area contributed by atoms with Gasteiger partial charge in [-0.15, -0.1) is 0 Å². The molecule has 1 saturated heterocycles. The first-order chi connectivity index (χ1) is 4.47. The number of hydrogen-bond acceptors (Lipinski definition) is 0. The average Bonchev–Trinajstić information content (AvgIpc) is 2.71. The minimum absolute atomic E-state index is 0.534. The summed E-state index contributed by atoms with van der Waals surface area (Å²) in [6, 6.07) is 10.9. The van der Waals surface area contributed by atoms with Crippen LogP contribution in [0.5, 0.6) is 0 Å². The summed E-state index contributed by atoms with van der Waals surface area (Å²) in [5, 5.41) is 4.17. The Balaban J connectivity index is 2.29. The Morgan fingerprint density at radius 3 is 2.44 bits per heavy atom. The molecule has 1 aliphatic heterocycles. The molecule has 1 unspecified atom stereocenters. The lowest BCUT2D eigenvalue weighted by Gasteiger charge is -1.90. The third-order valence-electron chi connectivity index (χ3n) is 1.55. The van der Waals surface area contributed by atoms with Gasteiger partial charge < -0.3 is 0 Å². The predicted molar refractivity (Wildman–Crippen MR) is 36.2 cm³/mol. The zero-order chi connectivity index (χ0) is 6.10. The van der Waals surface area contributed by atoms with Gasteiger partial charge in [0.15, 0.2) is 0 Å². The van der Waals surface area contributed by atoms with Crippen molar-refractivity contribution in [2.75, 3.05) is 6.54 Å². The Hall–Kier alpha value is -0.820. The molecule has 1 nitrogen and oxygen atoms in total. The molecular formula is C8H8N. The van der Waals surface area contributed by atoms with Crippen LogP contribution in [0.25, 0.3) is 0 Å². The molecule has 0 aromatic heterocycles. The monoisotopic (exact) mass is 118 g/mol. The van der Waals surface area contributed by atoms with Gasteiger partial charge in [0.1, 0.15) is 0 Å². The van der Waals surface area contributed by atoms with E-state index >= 15 is 0 Å². The number of benzene rings is 1. The van der Waals surface area contributed by atoms with Crippen molar-refractivity contribution in [3.8, 4) is 0 Å². The van der Waals surface area contributed by atoms with Crippen LogP contribution in [0.4, 0.5) is 0 Å². The lowest BCUT2D eigenvalue weighted by atomic mass is 10.2. The molecule has 0 N–H and O–H groups in total. The SMILES string of the molecule is c1ccc(C2C[N]2)cc1. The quantitative estimate of drug-likeness (QED) is 0.494. The molecule has 0 amide bonds. The second kappa shape index (κ2) is 1.85. The van der Waals surface area contributed by atoms with Crippen LogP contribution in [-0.4, -0.2) is 6.54 Å². The fourth-order valence-corrected chi connectivity index (χ4v) is 0.939. The highest BCUT2D eigenvalue weighted by atomic mass is 15.1. The van der Waals surface area contributed by atoms with Gasteiger partial charge in [-0.25, -0.2) is 5.32 Å². The van der Waals surface area contributed by atoms with Gasteiger partial charge in [0, 0.05) is 6.54 Å². The fraction of sp³-hybridized carbons (Fsp3) is 0.250. The van der Waals surface area contributed by atoms with Crippen molar-refractivity contribution in [3.05, 3.63) is 35.9 Å². The van der Waals surface area contributed by atoms with Gasteiger partial charge in [-0.3, -0.25) is 0 Å². The van der Waals surface area contributed by atoms with Crippen molar-refractivity contribution in [2.45, 2.75) is 6.04 Å². The van der Waals surface area contributed by atoms with Crippen LogP contribution in [0.1, 0.15) is 11.6 Å². The van der Waals surface area contributed by atoms with Gasteiger partial charge in [-0.2, -0.15) is 0 Å². The minimum Gasteiger partial charge on any atom is -0.230 e. The Morgan fingerprint density at radius 2 is 1.89 bits per heavy atom. The molecule has 0 spiro atoms. The van der Waals surface area contributed by atoms with Crippen LogP contribution in [0.15, 0.2) is 30.3 Å². The smallest absolute Gasteiger partial charge is 0.0637 e. The van der Waals surface area contributed by atoms with E-state index < -0.39 is 0 Å². The van der Waals surface area contributed by atoms with Gasteiger partial charge in [0.25, 0.3) is 0 Å². The molecule has 1 radical (unpaired) electrons. The molecule has 1 fully saturated rings. The standard InChI is InChI=1S/C8H8N/c1-2-4-7(5-3-1)8-6-9-8/h1-5,8H,6H2. The summed E-state index contributed by atoms with van der Waals surface area (Å²) in [4.78, 5) is 0. The van der Waals surface area contributed by atoms with E-state index in [1.165, 1.54) is 5.56 Å². The van der Waals surface area contributed by atoms with Crippen LogP contribution < -0.4 is 5.32 Å². The van der Waals surface area contributed by atoms with Crippen molar-refractivity contribution in [1.82, 2.24) is 5.32 Å². The van der Waals surface area contributed by atoms with Gasteiger partial charge in [0.05, 0.1) is 6.04 Å². The van der Waals surface area contributed by atoms with E-state index in [1.54, 1.807) is 0 Å². The predicted octanol–water partition coefficient (Wildman–Crippen LogP) is 1.35. The molecular weight excluding hydrogens is 110 g/mol. The summed E-state index contributed by atoms with van der Waals surface area (Å²) in [6.07, 6.45) is 0. The van der Waals surface area contributed by atoms with Crippen molar-refractivity contribution >= 4 is 0 Å². The highest BCUT2D eigenvalue weighted by molar-refractivity contribution is 5.22. The molecule has 1 atom stereocenters. The van der Waals surface area contributed by atoms with Crippen molar-refractivity contribution in [2.24, 2.45) is 0 Å². The summed E-state index contributed by atoms with van der Waals surface area (Å²) >= 11 is 0. The van der Waals surface area contributed by atoms with E-state index in [2.05, 4.69) is 29.6 Å². The highest BCUT2D eigenvalue weighted by Gasteiger charge is 2.23. The maximum atomic E-state index is 4.17. The van der Waals surface area contributed by atoms with Crippen molar-refractivity contribution < 1.29 is 0 Å². The largest absolute Gasteiger partial charge is 0.230 e. The molecule has 45 valence electrons. The van der Waals surface area contributed by atoms with E-state index in [-0.39, 0.29) is 0 Å². The molecule has 1 aromatic rings. The summed E-state index contributed by atoms with van der Waals surface area (Å²) in [5.41, 5.74) is 1.36. The zero-order valence-electron chi connectivity index (χ0n) is 5.12. The summed E-state index contributed by atoms with van der Waals surface area (Å²) in [5.74, 6) is 0. The second-order valence-corrected chi connectivity index (χ2v) is 2.29. The molecule has 9 heavy (non-hydrogen) atoms. The van der Waals surface area contributed by atoms with Crippen LogP contribution in [0.3, 0.4) is 0 Å². The Morgan fingerprint density at radius 1 is 1.22 bits per heavy atom. The topological polar surface area (TPSA) is 14.1 Å². The number of rotatable bonds is 1. The van der Waals surface area contributed by atoms with Gasteiger partial charge in [-0.1, -0.05) is 30.3 Å². The van der Waals surface area contributed by atoms with Crippen LogP contribution in [0, 0.1) is 0 Å². The number of nitrogens with zero attached hydrogens (tertiary/aromatic N) is 1. The van der Waals surface area contributed by atoms with Crippen molar-refractivity contribution in [1.29, 1.82) is 0 Å². The molecule has 1 aromatic carbocycles. The Kier molecular flexibility index (Phi) is 1.03. The molecule has 1 heteroatoms. The summed E-state index contributed by atoms with van der Waals surface area (Å²) in [7, 11) is 0. The van der Waals surface area contributed by atoms with Crippen LogP contribution >= 0.6 is 0 Å². The lowest BCUT2D eigenvalue weighted by Crippen LogP contribution is -1.77. The zero-order valence-corrected chi connectivity index (χ0v) is 5.12. The van der Waals surface area contributed by atoms with E-state index in [9.17, 15) is 0 Å². The molecule has 0 saturated carbocycles. The third kappa shape index (κ3) is 0.958. The van der Waals surface area contributed by atoms with Crippen LogP contribution in [0.2, 0.25) is 0 Å². The fourth-order valence-electron chi connectivity index (χ4n) is 0.939. The average molecular weight is 118 g/mol. The summed E-state index contributed by atoms with van der Waals surface area (Å²) < 4.78 is 0. The Bertz CT molecular complexity index is 189. The van der Waals surface area contributed by atoms with Gasteiger partial charge in [0.2, 0.25) is 0 Å². The normalized spacial score (nSPS) is 23.8. The van der Waals surface area contributed by atoms with Gasteiger partial charge in [-0.05, 0) is 5.56 Å². The Labute approximate surface area is 54.7 Å². The minimum atomic E-state index is 0.534. The first-order valence-corrected chi connectivity index (χ1v) is 3.18. The molecule has 1 aliphatic rings. The van der Waals surface area contributed by atoms with Gasteiger partial charge >= 0.3 is 0 Å². The van der Waals surface area contributed by atoms with E-state index in [0.717, 1.165) is 6.54 Å². The van der Waals surface area contributed by atoms with E-state index in [0.29, 0.717) is 6.04 Å². The van der Waals surface area contributed by atoms with E-state index in [4.69, 9.17) is 0 Å². The molecule has 0 bridgehead atoms. The molecule has 1 heterocycles. The first-order valence-electron chi connectivity index (χ1n) is 3.18. The van der Waals surface area contributed by atoms with E-state index in [1.807, 2.05) is 6.07 Å². The van der Waals surface area contributed by atoms with Crippen molar-refractivity contribution in [3.63, 3.8) is 0 Å². The second-order valence-electron chi connectivity index (χ2n) is 2.29. The number of hydrogen-bond donors (Lipinski definition) is 0. The summed E-state index contributed by atoms with van der Waals surface area (Å²) in [6.45, 7) is 1.03. The maximum Gasteiger partial charge on any atom is 0.0637 e. The highest BCUT2D eigenvalue weighted by Crippen LogP contribution is 2.22. The molecule has 0 aliphatic carbocycles. The maximum absolute atomic E-state index is 4.17. The first kappa shape index (κ1) is 5.00. The third-order valence-corrected chi connectivity index (χ3v) is 1.55. The molecule has 2 rings (SSSR count). The lowest BCUT2D eigenvalue weighted by molar-refractivity contribution is 1.07.